The summed E-state index contributed by atoms with van der Waals surface area (Å²) < 4.78 is 0. The number of hydrogen-bond donors (Lipinski definition) is 2. The van der Waals surface area contributed by atoms with Crippen molar-refractivity contribution < 1.29 is 14.7 Å². The second-order valence-electron chi connectivity index (χ2n) is 4.99. The fourth-order valence-corrected chi connectivity index (χ4v) is 2.82. The Kier molecular flexibility index (Phi) is 4.75. The predicted octanol–water partition coefficient (Wildman–Crippen LogP) is 3.29. The van der Waals surface area contributed by atoms with Crippen LogP contribution in [0.5, 0.6) is 0 Å². The van der Waals surface area contributed by atoms with E-state index in [0.717, 1.165) is 16.9 Å². The summed E-state index contributed by atoms with van der Waals surface area (Å²) >= 11 is 1.06. The Labute approximate surface area is 127 Å². The molecular weight excluding hydrogens is 286 g/mol. The van der Waals surface area contributed by atoms with Crippen molar-refractivity contribution in [1.82, 2.24) is 5.32 Å². The van der Waals surface area contributed by atoms with Gasteiger partial charge in [0, 0.05) is 6.54 Å². The summed E-state index contributed by atoms with van der Waals surface area (Å²) in [5, 5.41) is 13.4. The molecule has 0 saturated heterocycles. The van der Waals surface area contributed by atoms with Crippen LogP contribution < -0.4 is 5.32 Å². The number of benzene rings is 1. The van der Waals surface area contributed by atoms with Gasteiger partial charge in [0.05, 0.1) is 5.56 Å². The zero-order valence-electron chi connectivity index (χ0n) is 11.9. The van der Waals surface area contributed by atoms with Gasteiger partial charge >= 0.3 is 5.97 Å². The number of carbonyl (C=O) groups excluding carboxylic acids is 1. The van der Waals surface area contributed by atoms with Crippen LogP contribution in [0.2, 0.25) is 0 Å². The Balaban J connectivity index is 2.01. The highest BCUT2D eigenvalue weighted by Gasteiger charge is 2.18. The highest BCUT2D eigenvalue weighted by molar-refractivity contribution is 7.12. The summed E-state index contributed by atoms with van der Waals surface area (Å²) in [4.78, 5) is 23.2. The third-order valence-electron chi connectivity index (χ3n) is 3.28. The maximum atomic E-state index is 12.1. The molecule has 110 valence electrons. The number of carbonyl (C=O) groups is 2. The minimum absolute atomic E-state index is 0.0794. The topological polar surface area (TPSA) is 66.4 Å². The Morgan fingerprint density at radius 2 is 2.10 bits per heavy atom. The number of rotatable bonds is 5. The molecule has 0 aliphatic rings. The number of aryl methyl sites for hydroxylation is 1. The van der Waals surface area contributed by atoms with Gasteiger partial charge in [-0.05, 0) is 29.9 Å². The third kappa shape index (κ3) is 3.70. The Bertz CT molecular complexity index is 663. The van der Waals surface area contributed by atoms with Gasteiger partial charge in [0.25, 0.3) is 5.91 Å². The fourth-order valence-electron chi connectivity index (χ4n) is 2.09. The van der Waals surface area contributed by atoms with Gasteiger partial charge in [-0.1, -0.05) is 36.8 Å². The smallest absolute Gasteiger partial charge is 0.346 e. The van der Waals surface area contributed by atoms with E-state index in [0.29, 0.717) is 6.54 Å². The summed E-state index contributed by atoms with van der Waals surface area (Å²) in [6.07, 6.45) is 0. The number of aromatic carboxylic acids is 1. The maximum absolute atomic E-state index is 12.1. The van der Waals surface area contributed by atoms with Crippen molar-refractivity contribution in [3.8, 4) is 0 Å². The lowest BCUT2D eigenvalue weighted by Crippen LogP contribution is -2.28. The van der Waals surface area contributed by atoms with E-state index in [1.54, 1.807) is 11.4 Å². The Morgan fingerprint density at radius 1 is 1.33 bits per heavy atom. The zero-order valence-corrected chi connectivity index (χ0v) is 12.7. The summed E-state index contributed by atoms with van der Waals surface area (Å²) in [6, 6.07) is 9.67. The molecule has 0 fully saturated rings. The summed E-state index contributed by atoms with van der Waals surface area (Å²) in [6.45, 7) is 4.53. The van der Waals surface area contributed by atoms with Crippen molar-refractivity contribution in [2.75, 3.05) is 6.54 Å². The van der Waals surface area contributed by atoms with Gasteiger partial charge in [0.15, 0.2) is 0 Å². The minimum atomic E-state index is -1.07. The average Bonchev–Trinajstić information content (AvgIpc) is 2.94. The second-order valence-corrected chi connectivity index (χ2v) is 5.91. The number of nitrogens with one attached hydrogen (secondary N) is 1. The number of thiophene rings is 1. The van der Waals surface area contributed by atoms with Crippen LogP contribution in [-0.4, -0.2) is 23.5 Å². The number of carboxylic acid groups (broad SMARTS) is 1. The first-order chi connectivity index (χ1) is 9.99. The molecule has 0 radical (unpaired) electrons. The fraction of sp³-hybridized carbons (Fsp3) is 0.250. The molecule has 1 amide bonds. The average molecular weight is 303 g/mol. The molecule has 1 aromatic carbocycles. The normalized spacial score (nSPS) is 11.9. The van der Waals surface area contributed by atoms with Crippen molar-refractivity contribution in [3.63, 3.8) is 0 Å². The minimum Gasteiger partial charge on any atom is -0.477 e. The van der Waals surface area contributed by atoms with E-state index in [9.17, 15) is 9.59 Å². The van der Waals surface area contributed by atoms with Crippen LogP contribution in [0.25, 0.3) is 0 Å². The van der Waals surface area contributed by atoms with Gasteiger partial charge < -0.3 is 10.4 Å². The van der Waals surface area contributed by atoms with Gasteiger partial charge in [-0.15, -0.1) is 11.3 Å². The van der Waals surface area contributed by atoms with E-state index in [1.165, 1.54) is 5.56 Å². The molecule has 1 aromatic heterocycles. The number of amides is 1. The van der Waals surface area contributed by atoms with E-state index in [1.807, 2.05) is 32.0 Å². The molecule has 5 heteroatoms. The Morgan fingerprint density at radius 3 is 2.76 bits per heavy atom. The molecule has 0 bridgehead atoms. The van der Waals surface area contributed by atoms with Crippen molar-refractivity contribution >= 4 is 23.2 Å². The standard InChI is InChI=1S/C16H17NO3S/c1-10-4-3-5-12(8-10)11(2)9-17-15(18)13-6-7-21-14(13)16(19)20/h3-8,11H,9H2,1-2H3,(H,17,18)(H,19,20). The lowest BCUT2D eigenvalue weighted by Gasteiger charge is -2.13. The van der Waals surface area contributed by atoms with Crippen molar-refractivity contribution in [2.24, 2.45) is 0 Å². The summed E-state index contributed by atoms with van der Waals surface area (Å²) in [5.41, 5.74) is 2.56. The molecule has 2 N–H and O–H groups in total. The van der Waals surface area contributed by atoms with Crippen LogP contribution in [0.15, 0.2) is 35.7 Å². The quantitative estimate of drug-likeness (QED) is 0.890. The molecule has 2 rings (SSSR count). The van der Waals surface area contributed by atoms with Crippen LogP contribution in [0.3, 0.4) is 0 Å². The maximum Gasteiger partial charge on any atom is 0.346 e. The highest BCUT2D eigenvalue weighted by Crippen LogP contribution is 2.18. The van der Waals surface area contributed by atoms with Crippen LogP contribution in [0.1, 0.15) is 44.0 Å². The molecule has 21 heavy (non-hydrogen) atoms. The first kappa shape index (κ1) is 15.3. The van der Waals surface area contributed by atoms with Crippen molar-refractivity contribution in [1.29, 1.82) is 0 Å². The van der Waals surface area contributed by atoms with Gasteiger partial charge in [-0.2, -0.15) is 0 Å². The largest absolute Gasteiger partial charge is 0.477 e. The van der Waals surface area contributed by atoms with E-state index < -0.39 is 5.97 Å². The second kappa shape index (κ2) is 6.54. The zero-order chi connectivity index (χ0) is 15.4. The van der Waals surface area contributed by atoms with E-state index in [4.69, 9.17) is 5.11 Å². The molecule has 2 aromatic rings. The van der Waals surface area contributed by atoms with Gasteiger partial charge in [0.1, 0.15) is 4.88 Å². The molecule has 4 nitrogen and oxygen atoms in total. The molecular formula is C16H17NO3S. The molecule has 0 aliphatic heterocycles. The molecule has 0 saturated carbocycles. The number of carboxylic acids is 1. The van der Waals surface area contributed by atoms with Crippen molar-refractivity contribution in [2.45, 2.75) is 19.8 Å². The van der Waals surface area contributed by atoms with Crippen LogP contribution in [0.4, 0.5) is 0 Å². The first-order valence-electron chi connectivity index (χ1n) is 6.64. The number of hydrogen-bond acceptors (Lipinski definition) is 3. The molecule has 1 heterocycles. The van der Waals surface area contributed by atoms with Gasteiger partial charge in [0.2, 0.25) is 0 Å². The van der Waals surface area contributed by atoms with E-state index in [2.05, 4.69) is 11.4 Å². The third-order valence-corrected chi connectivity index (χ3v) is 4.19. The molecule has 0 aliphatic carbocycles. The van der Waals surface area contributed by atoms with Crippen molar-refractivity contribution in [3.05, 3.63) is 57.3 Å². The molecule has 1 atom stereocenters. The van der Waals surface area contributed by atoms with E-state index >= 15 is 0 Å². The SMILES string of the molecule is Cc1cccc(C(C)CNC(=O)c2ccsc2C(=O)O)c1. The Hall–Kier alpha value is -2.14. The summed E-state index contributed by atoms with van der Waals surface area (Å²) in [7, 11) is 0. The molecule has 1 unspecified atom stereocenters. The summed E-state index contributed by atoms with van der Waals surface area (Å²) in [5.74, 6) is -1.24. The predicted molar refractivity (Wildman–Crippen MR) is 83.2 cm³/mol. The van der Waals surface area contributed by atoms with E-state index in [-0.39, 0.29) is 22.3 Å². The van der Waals surface area contributed by atoms with Crippen LogP contribution in [-0.2, 0) is 0 Å². The molecule has 0 spiro atoms. The highest BCUT2D eigenvalue weighted by atomic mass is 32.1. The van der Waals surface area contributed by atoms with Gasteiger partial charge in [-0.3, -0.25) is 4.79 Å². The lowest BCUT2D eigenvalue weighted by atomic mass is 9.99. The van der Waals surface area contributed by atoms with Gasteiger partial charge in [-0.25, -0.2) is 4.79 Å². The monoisotopic (exact) mass is 303 g/mol. The first-order valence-corrected chi connectivity index (χ1v) is 7.52. The van der Waals surface area contributed by atoms with Crippen LogP contribution in [0, 0.1) is 6.92 Å². The van der Waals surface area contributed by atoms with Crippen LogP contribution >= 0.6 is 11.3 Å². The lowest BCUT2D eigenvalue weighted by molar-refractivity contribution is 0.0696.